The molecule has 6 atom stereocenters. The molecule has 19 heteroatoms. The molecule has 0 bridgehead atoms. The Hall–Kier alpha value is -6.05. The number of aliphatic hydroxyl groups excluding tert-OH is 1. The minimum atomic E-state index is -2.03. The fourth-order valence-corrected chi connectivity index (χ4v) is 8.43. The summed E-state index contributed by atoms with van der Waals surface area (Å²) >= 11 is 0. The maximum absolute atomic E-state index is 15.3. The zero-order valence-corrected chi connectivity index (χ0v) is 34.3. The number of benzene rings is 1. The Morgan fingerprint density at radius 1 is 1.05 bits per heavy atom. The van der Waals surface area contributed by atoms with Crippen molar-refractivity contribution in [2.75, 3.05) is 13.3 Å². The number of hydrogen-bond acceptors (Lipinski definition) is 12. The highest BCUT2D eigenvalue weighted by Gasteiger charge is 2.46. The molecule has 0 spiro atoms. The van der Waals surface area contributed by atoms with Crippen LogP contribution in [0.15, 0.2) is 29.1 Å². The number of fused-ring (bicyclic) bond motifs is 5. The van der Waals surface area contributed by atoms with Gasteiger partial charge in [-0.25, -0.2) is 14.2 Å². The van der Waals surface area contributed by atoms with Crippen LogP contribution in [-0.4, -0.2) is 97.9 Å². The topological polar surface area (TPSA) is 248 Å². The van der Waals surface area contributed by atoms with Gasteiger partial charge in [-0.15, -0.1) is 0 Å². The Kier molecular flexibility index (Phi) is 11.8. The molecular formula is C42H48FN7O11. The van der Waals surface area contributed by atoms with E-state index < -0.39 is 77.0 Å². The molecule has 0 radical (unpaired) electrons. The number of esters is 1. The van der Waals surface area contributed by atoms with Crippen LogP contribution >= 0.6 is 0 Å². The number of hydrogen-bond donors (Lipinski definition) is 6. The van der Waals surface area contributed by atoms with Gasteiger partial charge in [0.1, 0.15) is 37.5 Å². The highest BCUT2D eigenvalue weighted by atomic mass is 19.1. The smallest absolute Gasteiger partial charge is 0.343 e. The van der Waals surface area contributed by atoms with Crippen molar-refractivity contribution < 1.29 is 52.8 Å². The number of aryl methyl sites for hydroxylation is 1. The quantitative estimate of drug-likeness (QED) is 0.0756. The second-order valence-electron chi connectivity index (χ2n) is 15.9. The first-order valence-corrected chi connectivity index (χ1v) is 20.2. The van der Waals surface area contributed by atoms with Gasteiger partial charge in [0.25, 0.3) is 5.56 Å². The number of carbonyl (C=O) groups is 6. The zero-order chi connectivity index (χ0) is 44.1. The monoisotopic (exact) mass is 845 g/mol. The largest absolute Gasteiger partial charge is 0.458 e. The lowest BCUT2D eigenvalue weighted by Gasteiger charge is -2.31. The molecule has 1 aliphatic carbocycles. The summed E-state index contributed by atoms with van der Waals surface area (Å²) in [6.07, 6.45) is 1.32. The number of nitrogens with zero attached hydrogens (tertiary/aromatic N) is 3. The number of pyridine rings is 2. The number of aliphatic hydroxyl groups is 2. The van der Waals surface area contributed by atoms with Gasteiger partial charge in [-0.3, -0.25) is 28.8 Å². The highest BCUT2D eigenvalue weighted by molar-refractivity contribution is 5.95. The van der Waals surface area contributed by atoms with Crippen LogP contribution in [0.4, 0.5) is 4.39 Å². The standard InChI is InChI=1S/C42H48FN7O11/c1-6-42(59)26-14-30-37-24(16-50(30)40(57)25(26)17-60-41(42)58)36-28(8-7-23-20(3)27(43)15-29(48-37)35(23)36)47-32(52)13-19(2)61-18-44-38(55)21(4)46-39(56)22(5)45-31(51)11-12-49-33(53)9-10-34(49)54/h9-10,14-15,19,21-22,28,33,53,59H,6-8,11-13,16-18H2,1-5H3,(H,44,55)(H,45,51)(H,46,56)(H,47,52)/t19-,21+,22+,28+,33?,42+/m1/s1. The number of nitrogens with one attached hydrogen (secondary N) is 4. The second kappa shape index (κ2) is 16.8. The lowest BCUT2D eigenvalue weighted by Crippen LogP contribution is -2.52. The molecule has 324 valence electrons. The van der Waals surface area contributed by atoms with E-state index in [4.69, 9.17) is 14.5 Å². The molecule has 4 aliphatic rings. The molecule has 5 heterocycles. The Bertz CT molecular complexity index is 2470. The van der Waals surface area contributed by atoms with Crippen LogP contribution in [0, 0.1) is 12.7 Å². The molecule has 18 nitrogen and oxygen atoms in total. The van der Waals surface area contributed by atoms with Gasteiger partial charge in [-0.1, -0.05) is 6.92 Å². The van der Waals surface area contributed by atoms with Crippen LogP contribution in [-0.2, 0) is 63.4 Å². The molecule has 3 aliphatic heterocycles. The Morgan fingerprint density at radius 3 is 2.49 bits per heavy atom. The first kappa shape index (κ1) is 43.1. The van der Waals surface area contributed by atoms with Gasteiger partial charge in [0.15, 0.2) is 5.60 Å². The van der Waals surface area contributed by atoms with Crippen LogP contribution in [0.5, 0.6) is 0 Å². The molecule has 2 aromatic heterocycles. The van der Waals surface area contributed by atoms with Gasteiger partial charge in [-0.2, -0.15) is 0 Å². The second-order valence-corrected chi connectivity index (χ2v) is 15.9. The molecule has 0 fully saturated rings. The van der Waals surface area contributed by atoms with Crippen molar-refractivity contribution >= 4 is 46.4 Å². The summed E-state index contributed by atoms with van der Waals surface area (Å²) in [7, 11) is 0. The van der Waals surface area contributed by atoms with Crippen molar-refractivity contribution in [1.29, 1.82) is 0 Å². The van der Waals surface area contributed by atoms with Crippen LogP contribution in [0.25, 0.3) is 22.3 Å². The van der Waals surface area contributed by atoms with Crippen LogP contribution < -0.4 is 26.8 Å². The first-order chi connectivity index (χ1) is 28.9. The van der Waals surface area contributed by atoms with Crippen molar-refractivity contribution in [3.63, 3.8) is 0 Å². The summed E-state index contributed by atoms with van der Waals surface area (Å²) in [4.78, 5) is 95.6. The lowest BCUT2D eigenvalue weighted by molar-refractivity contribution is -0.172. The van der Waals surface area contributed by atoms with Gasteiger partial charge < -0.3 is 50.4 Å². The molecule has 3 aromatic rings. The Balaban J connectivity index is 0.971. The van der Waals surface area contributed by atoms with Crippen molar-refractivity contribution in [3.8, 4) is 11.4 Å². The van der Waals surface area contributed by atoms with Gasteiger partial charge in [-0.05, 0) is 75.8 Å². The minimum Gasteiger partial charge on any atom is -0.458 e. The van der Waals surface area contributed by atoms with E-state index in [9.17, 15) is 43.8 Å². The molecule has 0 saturated carbocycles. The van der Waals surface area contributed by atoms with Crippen molar-refractivity contribution in [1.82, 2.24) is 35.7 Å². The predicted octanol–water partition coefficient (Wildman–Crippen LogP) is 0.616. The van der Waals surface area contributed by atoms with E-state index in [1.54, 1.807) is 26.8 Å². The number of ether oxygens (including phenoxy) is 2. The molecule has 7 rings (SSSR count). The third kappa shape index (κ3) is 7.99. The molecule has 5 amide bonds. The fraction of sp³-hybridized carbons (Fsp3) is 0.476. The highest BCUT2D eigenvalue weighted by Crippen LogP contribution is 2.46. The van der Waals surface area contributed by atoms with E-state index in [1.807, 2.05) is 0 Å². The summed E-state index contributed by atoms with van der Waals surface area (Å²) < 4.78 is 27.7. The maximum Gasteiger partial charge on any atom is 0.343 e. The third-order valence-electron chi connectivity index (χ3n) is 11.9. The van der Waals surface area contributed by atoms with E-state index in [-0.39, 0.29) is 62.7 Å². The predicted molar refractivity (Wildman–Crippen MR) is 213 cm³/mol. The molecule has 1 aromatic carbocycles. The first-order valence-electron chi connectivity index (χ1n) is 20.2. The normalized spacial score (nSPS) is 21.2. The Morgan fingerprint density at radius 2 is 1.79 bits per heavy atom. The van der Waals surface area contributed by atoms with Gasteiger partial charge >= 0.3 is 5.97 Å². The van der Waals surface area contributed by atoms with Crippen molar-refractivity contribution in [2.24, 2.45) is 0 Å². The van der Waals surface area contributed by atoms with E-state index >= 15 is 4.39 Å². The van der Waals surface area contributed by atoms with Gasteiger partial charge in [0.05, 0.1) is 47.6 Å². The molecule has 61 heavy (non-hydrogen) atoms. The average molecular weight is 846 g/mol. The van der Waals surface area contributed by atoms with E-state index in [2.05, 4.69) is 21.3 Å². The van der Waals surface area contributed by atoms with Gasteiger partial charge in [0, 0.05) is 41.6 Å². The lowest BCUT2D eigenvalue weighted by atomic mass is 9.81. The van der Waals surface area contributed by atoms with Crippen molar-refractivity contribution in [3.05, 3.63) is 73.8 Å². The summed E-state index contributed by atoms with van der Waals surface area (Å²) in [6.45, 7) is 7.30. The summed E-state index contributed by atoms with van der Waals surface area (Å²) in [6, 6.07) is 0.356. The Labute approximate surface area is 348 Å². The third-order valence-corrected chi connectivity index (χ3v) is 11.9. The van der Waals surface area contributed by atoms with Crippen LogP contribution in [0.3, 0.4) is 0 Å². The maximum atomic E-state index is 15.3. The molecule has 6 N–H and O–H groups in total. The van der Waals surface area contributed by atoms with E-state index in [1.165, 1.54) is 36.6 Å². The minimum absolute atomic E-state index is 0.0286. The van der Waals surface area contributed by atoms with E-state index in [0.717, 1.165) is 10.5 Å². The SMILES string of the molecule is CC[C@@]1(O)C(=O)OCc2c1cc1n(c2=O)Cc2c-1nc1cc(F)c(C)c3c1c2[C@@H](NC(=O)C[C@@H](C)OCNC(=O)[C@H](C)NC(=O)[C@H](C)NC(=O)CCN1C(=O)C=CC1O)CC3. The average Bonchev–Trinajstić information content (AvgIpc) is 3.75. The van der Waals surface area contributed by atoms with Crippen molar-refractivity contribution in [2.45, 2.75) is 116 Å². The van der Waals surface area contributed by atoms with Crippen LogP contribution in [0.1, 0.15) is 92.8 Å². The number of amides is 5. The number of carbonyl (C=O) groups excluding carboxylic acids is 6. The summed E-state index contributed by atoms with van der Waals surface area (Å²) in [5.41, 5.74) is 1.53. The number of rotatable bonds is 14. The fourth-order valence-electron chi connectivity index (χ4n) is 8.43. The molecule has 0 saturated heterocycles. The summed E-state index contributed by atoms with van der Waals surface area (Å²) in [5, 5.41) is 32.4. The van der Waals surface area contributed by atoms with E-state index in [0.29, 0.717) is 51.8 Å². The van der Waals surface area contributed by atoms with Gasteiger partial charge in [0.2, 0.25) is 29.5 Å². The number of halogens is 1. The molecule has 1 unspecified atom stereocenters. The van der Waals surface area contributed by atoms with Crippen LogP contribution in [0.2, 0.25) is 0 Å². The summed E-state index contributed by atoms with van der Waals surface area (Å²) in [5.74, 6) is -3.83. The number of aromatic nitrogens is 2. The zero-order valence-electron chi connectivity index (χ0n) is 34.3. The molecular weight excluding hydrogens is 797 g/mol. The number of cyclic esters (lactones) is 1.